The monoisotopic (exact) mass is 306 g/mol. The predicted octanol–water partition coefficient (Wildman–Crippen LogP) is 1.72. The van der Waals surface area contributed by atoms with Crippen molar-refractivity contribution in [1.29, 1.82) is 0 Å². The number of piperidine rings is 1. The number of likely N-dealkylation sites (tertiary alicyclic amines) is 2. The fourth-order valence-electron chi connectivity index (χ4n) is 3.18. The highest BCUT2D eigenvalue weighted by Crippen LogP contribution is 2.17. The molecule has 0 saturated carbocycles. The summed E-state index contributed by atoms with van der Waals surface area (Å²) >= 11 is 0. The van der Waals surface area contributed by atoms with Gasteiger partial charge < -0.3 is 10.2 Å². The van der Waals surface area contributed by atoms with Gasteiger partial charge in [0.25, 0.3) is 0 Å². The average molecular weight is 306 g/mol. The highest BCUT2D eigenvalue weighted by atomic mass is 19.1. The second kappa shape index (κ2) is 7.05. The molecule has 5 nitrogen and oxygen atoms in total. The summed E-state index contributed by atoms with van der Waals surface area (Å²) in [6, 6.07) is 3.23. The van der Waals surface area contributed by atoms with Crippen molar-refractivity contribution < 1.29 is 9.18 Å². The zero-order valence-electron chi connectivity index (χ0n) is 12.8. The maximum atomic E-state index is 13.6. The topological polar surface area (TPSA) is 48.5 Å². The smallest absolute Gasteiger partial charge is 0.236 e. The molecular weight excluding hydrogens is 283 g/mol. The molecule has 2 aliphatic heterocycles. The summed E-state index contributed by atoms with van der Waals surface area (Å²) in [5.41, 5.74) is 0. The summed E-state index contributed by atoms with van der Waals surface area (Å²) < 4.78 is 13.6. The molecule has 0 unspecified atom stereocenters. The van der Waals surface area contributed by atoms with Crippen LogP contribution in [0.15, 0.2) is 18.3 Å². The summed E-state index contributed by atoms with van der Waals surface area (Å²) in [6.45, 7) is 4.08. The van der Waals surface area contributed by atoms with Crippen molar-refractivity contribution in [3.8, 4) is 0 Å². The van der Waals surface area contributed by atoms with E-state index < -0.39 is 0 Å². The first-order valence-corrected chi connectivity index (χ1v) is 8.09. The van der Waals surface area contributed by atoms with Gasteiger partial charge in [-0.05, 0) is 37.8 Å². The lowest BCUT2D eigenvalue weighted by Crippen LogP contribution is -2.45. The van der Waals surface area contributed by atoms with E-state index in [0.717, 1.165) is 51.9 Å². The summed E-state index contributed by atoms with van der Waals surface area (Å²) in [7, 11) is 0. The van der Waals surface area contributed by atoms with Crippen molar-refractivity contribution >= 4 is 11.7 Å². The van der Waals surface area contributed by atoms with Crippen molar-refractivity contribution in [2.75, 3.05) is 38.0 Å². The average Bonchev–Trinajstić information content (AvgIpc) is 3.06. The lowest BCUT2D eigenvalue weighted by atomic mass is 10.0. The molecule has 2 fully saturated rings. The summed E-state index contributed by atoms with van der Waals surface area (Å²) in [6.07, 6.45) is 5.67. The van der Waals surface area contributed by atoms with E-state index in [-0.39, 0.29) is 17.8 Å². The number of carbonyl (C=O) groups excluding carboxylic acids is 1. The highest BCUT2D eigenvalue weighted by molar-refractivity contribution is 5.78. The van der Waals surface area contributed by atoms with Gasteiger partial charge in [0.15, 0.2) is 11.6 Å². The lowest BCUT2D eigenvalue weighted by molar-refractivity contribution is -0.131. The number of rotatable bonds is 4. The van der Waals surface area contributed by atoms with E-state index in [1.807, 2.05) is 4.90 Å². The molecule has 2 saturated heterocycles. The third kappa shape index (κ3) is 3.74. The molecule has 0 spiro atoms. The molecule has 22 heavy (non-hydrogen) atoms. The number of halogens is 1. The van der Waals surface area contributed by atoms with Crippen molar-refractivity contribution in [3.63, 3.8) is 0 Å². The minimum Gasteiger partial charge on any atom is -0.365 e. The maximum absolute atomic E-state index is 13.6. The van der Waals surface area contributed by atoms with Crippen LogP contribution in [0.5, 0.6) is 0 Å². The van der Waals surface area contributed by atoms with E-state index in [1.165, 1.54) is 6.07 Å². The molecule has 0 radical (unpaired) electrons. The van der Waals surface area contributed by atoms with Crippen LogP contribution in [0, 0.1) is 5.82 Å². The van der Waals surface area contributed by atoms with Gasteiger partial charge in [-0.25, -0.2) is 9.37 Å². The Hall–Kier alpha value is -1.69. The fraction of sp³-hybridized carbons (Fsp3) is 0.625. The number of hydrogen-bond donors (Lipinski definition) is 1. The number of carbonyl (C=O) groups is 1. The van der Waals surface area contributed by atoms with E-state index in [0.29, 0.717) is 12.4 Å². The first-order chi connectivity index (χ1) is 10.7. The maximum Gasteiger partial charge on any atom is 0.236 e. The van der Waals surface area contributed by atoms with Gasteiger partial charge in [0.1, 0.15) is 0 Å². The van der Waals surface area contributed by atoms with Crippen molar-refractivity contribution in [2.24, 2.45) is 0 Å². The minimum atomic E-state index is -0.311. The van der Waals surface area contributed by atoms with E-state index in [2.05, 4.69) is 15.2 Å². The number of nitrogens with zero attached hydrogens (tertiary/aromatic N) is 3. The van der Waals surface area contributed by atoms with Crippen molar-refractivity contribution in [3.05, 3.63) is 24.1 Å². The molecule has 6 heteroatoms. The van der Waals surface area contributed by atoms with Crippen molar-refractivity contribution in [1.82, 2.24) is 14.8 Å². The number of nitrogens with one attached hydrogen (secondary N) is 1. The molecule has 3 rings (SSSR count). The Morgan fingerprint density at radius 1 is 1.27 bits per heavy atom. The van der Waals surface area contributed by atoms with E-state index in [1.54, 1.807) is 12.3 Å². The number of pyridine rings is 1. The summed E-state index contributed by atoms with van der Waals surface area (Å²) in [5, 5.41) is 3.17. The van der Waals surface area contributed by atoms with Gasteiger partial charge in [-0.1, -0.05) is 0 Å². The largest absolute Gasteiger partial charge is 0.365 e. The SMILES string of the molecule is O=C(CN1CCC(Nc2ncccc2F)CC1)N1CCCC1. The van der Waals surface area contributed by atoms with Crippen LogP contribution in [0.4, 0.5) is 10.2 Å². The van der Waals surface area contributed by atoms with E-state index >= 15 is 0 Å². The van der Waals surface area contributed by atoms with Crippen LogP contribution in [0.25, 0.3) is 0 Å². The van der Waals surface area contributed by atoms with Crippen LogP contribution in [0.2, 0.25) is 0 Å². The van der Waals surface area contributed by atoms with Gasteiger partial charge in [0.05, 0.1) is 6.54 Å². The molecule has 0 aromatic carbocycles. The second-order valence-electron chi connectivity index (χ2n) is 6.12. The third-order valence-electron chi connectivity index (χ3n) is 4.50. The Kier molecular flexibility index (Phi) is 4.87. The number of amides is 1. The zero-order chi connectivity index (χ0) is 15.4. The second-order valence-corrected chi connectivity index (χ2v) is 6.12. The Morgan fingerprint density at radius 3 is 2.68 bits per heavy atom. The molecule has 120 valence electrons. The summed E-state index contributed by atoms with van der Waals surface area (Å²) in [4.78, 5) is 20.3. The van der Waals surface area contributed by atoms with Gasteiger partial charge >= 0.3 is 0 Å². The van der Waals surface area contributed by atoms with Crippen LogP contribution in [0.1, 0.15) is 25.7 Å². The van der Waals surface area contributed by atoms with Gasteiger partial charge in [-0.15, -0.1) is 0 Å². The third-order valence-corrected chi connectivity index (χ3v) is 4.50. The fourth-order valence-corrected chi connectivity index (χ4v) is 3.18. The van der Waals surface area contributed by atoms with Crippen LogP contribution >= 0.6 is 0 Å². The van der Waals surface area contributed by atoms with Crippen LogP contribution in [0.3, 0.4) is 0 Å². The lowest BCUT2D eigenvalue weighted by Gasteiger charge is -2.33. The number of hydrogen-bond acceptors (Lipinski definition) is 4. The predicted molar refractivity (Wildman–Crippen MR) is 83.1 cm³/mol. The van der Waals surface area contributed by atoms with Crippen LogP contribution < -0.4 is 5.32 Å². The first kappa shape index (κ1) is 15.2. The molecule has 2 aliphatic rings. The summed E-state index contributed by atoms with van der Waals surface area (Å²) in [5.74, 6) is 0.267. The van der Waals surface area contributed by atoms with Crippen molar-refractivity contribution in [2.45, 2.75) is 31.7 Å². The van der Waals surface area contributed by atoms with Gasteiger partial charge in [-0.3, -0.25) is 9.69 Å². The van der Waals surface area contributed by atoms with E-state index in [9.17, 15) is 9.18 Å². The highest BCUT2D eigenvalue weighted by Gasteiger charge is 2.24. The molecule has 0 aliphatic carbocycles. The molecule has 0 bridgehead atoms. The standard InChI is InChI=1S/C16H23FN4O/c17-14-4-3-7-18-16(14)19-13-5-10-20(11-6-13)12-15(22)21-8-1-2-9-21/h3-4,7,13H,1-2,5-6,8-12H2,(H,18,19). The Bertz CT molecular complexity index is 511. The van der Waals surface area contributed by atoms with E-state index in [4.69, 9.17) is 0 Å². The van der Waals surface area contributed by atoms with Crippen LogP contribution in [-0.2, 0) is 4.79 Å². The van der Waals surface area contributed by atoms with Crippen LogP contribution in [-0.4, -0.2) is 59.5 Å². The number of anilines is 1. The molecule has 1 aromatic heterocycles. The Labute approximate surface area is 130 Å². The molecule has 3 heterocycles. The Morgan fingerprint density at radius 2 is 2.00 bits per heavy atom. The van der Waals surface area contributed by atoms with Gasteiger partial charge in [0, 0.05) is 38.4 Å². The molecular formula is C16H23FN4O. The number of aromatic nitrogens is 1. The normalized spacial score (nSPS) is 20.3. The molecule has 0 atom stereocenters. The molecule has 1 amide bonds. The first-order valence-electron chi connectivity index (χ1n) is 8.09. The molecule has 1 N–H and O–H groups in total. The molecule has 1 aromatic rings. The quantitative estimate of drug-likeness (QED) is 0.920. The Balaban J connectivity index is 1.44. The zero-order valence-corrected chi connectivity index (χ0v) is 12.8. The van der Waals surface area contributed by atoms with Gasteiger partial charge in [-0.2, -0.15) is 0 Å². The van der Waals surface area contributed by atoms with Gasteiger partial charge in [0.2, 0.25) is 5.91 Å². The minimum absolute atomic E-state index is 0.225.